The fraction of sp³-hybridized carbons (Fsp3) is 0.0455. The molecule has 2 aromatic carbocycles. The zero-order valence-corrected chi connectivity index (χ0v) is 18.5. The number of hydrazone groups is 1. The number of carbonyl (C=O) groups excluding carboxylic acids is 1. The van der Waals surface area contributed by atoms with Crippen molar-refractivity contribution < 1.29 is 15.0 Å². The first-order valence-corrected chi connectivity index (χ1v) is 11.0. The number of benzene rings is 2. The summed E-state index contributed by atoms with van der Waals surface area (Å²) in [6.07, 6.45) is 4.70. The highest BCUT2D eigenvalue weighted by Gasteiger charge is 2.17. The SMILES string of the molecule is O=C(CSc1nnc(-c2ccncc2)n1-c1ccc(Cl)cc1)N/N=C/c1ccc(O)c(O)c1. The van der Waals surface area contributed by atoms with Crippen molar-refractivity contribution in [3.63, 3.8) is 0 Å². The number of nitrogens with one attached hydrogen (secondary N) is 1. The molecule has 0 aliphatic carbocycles. The Bertz CT molecular complexity index is 1300. The van der Waals surface area contributed by atoms with Crippen LogP contribution in [0.2, 0.25) is 5.02 Å². The van der Waals surface area contributed by atoms with E-state index in [1.807, 2.05) is 28.8 Å². The van der Waals surface area contributed by atoms with Crippen molar-refractivity contribution in [2.24, 2.45) is 5.10 Å². The molecule has 0 radical (unpaired) electrons. The van der Waals surface area contributed by atoms with Gasteiger partial charge in [0.2, 0.25) is 0 Å². The number of hydrogen-bond donors (Lipinski definition) is 3. The number of phenols is 2. The van der Waals surface area contributed by atoms with E-state index >= 15 is 0 Å². The van der Waals surface area contributed by atoms with Crippen molar-refractivity contribution in [3.05, 3.63) is 77.6 Å². The number of hydrogen-bond acceptors (Lipinski definition) is 8. The van der Waals surface area contributed by atoms with E-state index in [9.17, 15) is 15.0 Å². The number of phenolic OH excluding ortho intramolecular Hbond substituents is 2. The average molecular weight is 481 g/mol. The van der Waals surface area contributed by atoms with Crippen LogP contribution in [0, 0.1) is 0 Å². The second-order valence-corrected chi connectivity index (χ2v) is 8.06. The largest absolute Gasteiger partial charge is 0.504 e. The average Bonchev–Trinajstić information content (AvgIpc) is 3.25. The van der Waals surface area contributed by atoms with Crippen LogP contribution in [0.25, 0.3) is 17.1 Å². The number of halogens is 1. The summed E-state index contributed by atoms with van der Waals surface area (Å²) in [5, 5.41) is 32.4. The van der Waals surface area contributed by atoms with Gasteiger partial charge in [0.1, 0.15) is 0 Å². The highest BCUT2D eigenvalue weighted by molar-refractivity contribution is 7.99. The first-order valence-electron chi connectivity index (χ1n) is 9.60. The van der Waals surface area contributed by atoms with Gasteiger partial charge in [-0.3, -0.25) is 14.3 Å². The second kappa shape index (κ2) is 10.2. The third kappa shape index (κ3) is 5.48. The maximum Gasteiger partial charge on any atom is 0.250 e. The smallest absolute Gasteiger partial charge is 0.250 e. The van der Waals surface area contributed by atoms with Gasteiger partial charge in [-0.05, 0) is 60.2 Å². The zero-order valence-electron chi connectivity index (χ0n) is 17.0. The van der Waals surface area contributed by atoms with Crippen LogP contribution >= 0.6 is 23.4 Å². The number of amides is 1. The first-order chi connectivity index (χ1) is 16.0. The summed E-state index contributed by atoms with van der Waals surface area (Å²) in [6, 6.07) is 15.1. The molecule has 0 unspecified atom stereocenters. The molecule has 0 bridgehead atoms. The molecule has 3 N–H and O–H groups in total. The van der Waals surface area contributed by atoms with Gasteiger partial charge >= 0.3 is 0 Å². The van der Waals surface area contributed by atoms with Crippen LogP contribution in [0.4, 0.5) is 0 Å². The van der Waals surface area contributed by atoms with Crippen LogP contribution in [0.3, 0.4) is 0 Å². The van der Waals surface area contributed by atoms with Gasteiger partial charge in [0.25, 0.3) is 5.91 Å². The Hall–Kier alpha value is -3.89. The fourth-order valence-electron chi connectivity index (χ4n) is 2.84. The third-order valence-corrected chi connectivity index (χ3v) is 5.57. The Labute approximate surface area is 197 Å². The van der Waals surface area contributed by atoms with E-state index in [-0.39, 0.29) is 23.2 Å². The van der Waals surface area contributed by atoms with Crippen LogP contribution in [-0.4, -0.2) is 47.8 Å². The van der Waals surface area contributed by atoms with Crippen LogP contribution in [0.15, 0.2) is 77.2 Å². The van der Waals surface area contributed by atoms with Gasteiger partial charge < -0.3 is 10.2 Å². The molecular formula is C22H17ClN6O3S. The summed E-state index contributed by atoms with van der Waals surface area (Å²) in [4.78, 5) is 16.3. The molecule has 0 atom stereocenters. The predicted octanol–water partition coefficient (Wildman–Crippen LogP) is 3.64. The highest BCUT2D eigenvalue weighted by Crippen LogP contribution is 2.28. The molecule has 4 aromatic rings. The van der Waals surface area contributed by atoms with Crippen LogP contribution in [0.1, 0.15) is 5.56 Å². The predicted molar refractivity (Wildman–Crippen MR) is 126 cm³/mol. The number of thioether (sulfide) groups is 1. The van der Waals surface area contributed by atoms with Crippen molar-refractivity contribution in [3.8, 4) is 28.6 Å². The van der Waals surface area contributed by atoms with Crippen molar-refractivity contribution in [1.29, 1.82) is 0 Å². The Balaban J connectivity index is 1.49. The molecule has 0 aliphatic rings. The summed E-state index contributed by atoms with van der Waals surface area (Å²) >= 11 is 7.24. The molecule has 1 amide bonds. The standard InChI is InChI=1S/C22H17ClN6O3S/c23-16-2-4-17(5-3-16)29-21(15-7-9-24-10-8-15)27-28-22(29)33-13-20(32)26-25-12-14-1-6-18(30)19(31)11-14/h1-12,30-31H,13H2,(H,26,32)/b25-12+. The van der Waals surface area contributed by atoms with Gasteiger partial charge in [-0.1, -0.05) is 23.4 Å². The lowest BCUT2D eigenvalue weighted by Gasteiger charge is -2.10. The molecule has 33 heavy (non-hydrogen) atoms. The normalized spacial score (nSPS) is 11.1. The van der Waals surface area contributed by atoms with Crippen LogP contribution in [0.5, 0.6) is 11.5 Å². The van der Waals surface area contributed by atoms with E-state index in [1.165, 1.54) is 30.1 Å². The topological polar surface area (TPSA) is 126 Å². The highest BCUT2D eigenvalue weighted by atomic mass is 35.5. The summed E-state index contributed by atoms with van der Waals surface area (Å²) in [6.45, 7) is 0. The molecule has 166 valence electrons. The van der Waals surface area contributed by atoms with Gasteiger partial charge in [-0.15, -0.1) is 10.2 Å². The summed E-state index contributed by atoms with van der Waals surface area (Å²) in [5.41, 5.74) is 4.56. The van der Waals surface area contributed by atoms with E-state index in [2.05, 4.69) is 25.7 Å². The number of aromatic nitrogens is 4. The minimum Gasteiger partial charge on any atom is -0.504 e. The Morgan fingerprint density at radius 3 is 2.55 bits per heavy atom. The number of pyridine rings is 1. The minimum absolute atomic E-state index is 0.0419. The summed E-state index contributed by atoms with van der Waals surface area (Å²) < 4.78 is 1.84. The lowest BCUT2D eigenvalue weighted by Crippen LogP contribution is -2.20. The van der Waals surface area contributed by atoms with Crippen molar-refractivity contribution in [2.45, 2.75) is 5.16 Å². The first kappa shape index (κ1) is 22.3. The van der Waals surface area contributed by atoms with Gasteiger partial charge in [0.15, 0.2) is 22.5 Å². The molecule has 0 aliphatic heterocycles. The van der Waals surface area contributed by atoms with Crippen molar-refractivity contribution in [1.82, 2.24) is 25.2 Å². The molecule has 2 aromatic heterocycles. The summed E-state index contributed by atoms with van der Waals surface area (Å²) in [5.74, 6) is -0.209. The van der Waals surface area contributed by atoms with E-state index < -0.39 is 0 Å². The molecule has 0 spiro atoms. The molecule has 11 heteroatoms. The summed E-state index contributed by atoms with van der Waals surface area (Å²) in [7, 11) is 0. The number of aromatic hydroxyl groups is 2. The number of nitrogens with zero attached hydrogens (tertiary/aromatic N) is 5. The maximum absolute atomic E-state index is 12.3. The van der Waals surface area contributed by atoms with Crippen LogP contribution in [-0.2, 0) is 4.79 Å². The maximum atomic E-state index is 12.3. The molecule has 0 fully saturated rings. The van der Waals surface area contributed by atoms with Gasteiger partial charge in [0, 0.05) is 28.7 Å². The number of rotatable bonds is 7. The minimum atomic E-state index is -0.352. The van der Waals surface area contributed by atoms with Crippen molar-refractivity contribution >= 4 is 35.5 Å². The lowest BCUT2D eigenvalue weighted by atomic mass is 10.2. The molecular weight excluding hydrogens is 464 g/mol. The zero-order chi connectivity index (χ0) is 23.2. The Kier molecular flexibility index (Phi) is 6.86. The Morgan fingerprint density at radius 1 is 1.06 bits per heavy atom. The molecule has 0 saturated heterocycles. The Morgan fingerprint density at radius 2 is 1.82 bits per heavy atom. The third-order valence-electron chi connectivity index (χ3n) is 4.39. The fourth-order valence-corrected chi connectivity index (χ4v) is 3.71. The van der Waals surface area contributed by atoms with Crippen LogP contribution < -0.4 is 5.43 Å². The van der Waals surface area contributed by atoms with Crippen molar-refractivity contribution in [2.75, 3.05) is 5.75 Å². The van der Waals surface area contributed by atoms with E-state index in [1.54, 1.807) is 30.6 Å². The van der Waals surface area contributed by atoms with Gasteiger partial charge in [-0.2, -0.15) is 5.10 Å². The van der Waals surface area contributed by atoms with E-state index in [4.69, 9.17) is 11.6 Å². The molecule has 2 heterocycles. The van der Waals surface area contributed by atoms with Gasteiger partial charge in [0.05, 0.1) is 12.0 Å². The van der Waals surface area contributed by atoms with E-state index in [0.29, 0.717) is 21.6 Å². The quantitative estimate of drug-likeness (QED) is 0.159. The molecule has 0 saturated carbocycles. The molecule has 9 nitrogen and oxygen atoms in total. The van der Waals surface area contributed by atoms with Gasteiger partial charge in [-0.25, -0.2) is 5.43 Å². The molecule has 4 rings (SSSR count). The second-order valence-electron chi connectivity index (χ2n) is 6.68. The van der Waals surface area contributed by atoms with E-state index in [0.717, 1.165) is 11.3 Å². The lowest BCUT2D eigenvalue weighted by molar-refractivity contribution is -0.118. The monoisotopic (exact) mass is 480 g/mol. The number of carbonyl (C=O) groups is 1.